The molecule has 0 aromatic carbocycles. The minimum Gasteiger partial charge on any atom is -0.350 e. The Hall–Kier alpha value is -1.36. The lowest BCUT2D eigenvalue weighted by Crippen LogP contribution is -2.40. The van der Waals surface area contributed by atoms with Crippen LogP contribution in [0.2, 0.25) is 0 Å². The minimum atomic E-state index is -0.0998. The zero-order chi connectivity index (χ0) is 11.4. The number of rotatable bonds is 4. The quantitative estimate of drug-likeness (QED) is 0.699. The van der Waals surface area contributed by atoms with Crippen LogP contribution in [0.4, 0.5) is 0 Å². The van der Waals surface area contributed by atoms with Crippen LogP contribution < -0.4 is 11.1 Å². The molecule has 1 aromatic heterocycles. The molecule has 5 nitrogen and oxygen atoms in total. The zero-order valence-electron chi connectivity index (χ0n) is 9.33. The Kier molecular flexibility index (Phi) is 3.24. The molecule has 88 valence electrons. The van der Waals surface area contributed by atoms with Crippen LogP contribution in [0, 0.1) is 5.41 Å². The third-order valence-corrected chi connectivity index (χ3v) is 3.47. The summed E-state index contributed by atoms with van der Waals surface area (Å²) < 4.78 is 0. The average Bonchev–Trinajstić information content (AvgIpc) is 2.98. The number of H-pyrrole nitrogens is 1. The van der Waals surface area contributed by atoms with Crippen LogP contribution in [0.15, 0.2) is 12.3 Å². The highest BCUT2D eigenvalue weighted by molar-refractivity contribution is 5.92. The molecular weight excluding hydrogens is 204 g/mol. The number of aromatic nitrogens is 2. The Labute approximate surface area is 94.8 Å². The molecule has 1 saturated carbocycles. The molecule has 0 bridgehead atoms. The van der Waals surface area contributed by atoms with E-state index in [9.17, 15) is 4.79 Å². The highest BCUT2D eigenvalue weighted by Crippen LogP contribution is 2.36. The molecular formula is C11H18N4O. The Bertz CT molecular complexity index is 341. The highest BCUT2D eigenvalue weighted by atomic mass is 16.1. The van der Waals surface area contributed by atoms with Gasteiger partial charge < -0.3 is 11.1 Å². The Morgan fingerprint density at radius 3 is 2.88 bits per heavy atom. The Morgan fingerprint density at radius 1 is 1.56 bits per heavy atom. The molecule has 0 aliphatic heterocycles. The average molecular weight is 222 g/mol. The maximum Gasteiger partial charge on any atom is 0.269 e. The van der Waals surface area contributed by atoms with Gasteiger partial charge in [0.05, 0.1) is 0 Å². The molecule has 2 rings (SSSR count). The highest BCUT2D eigenvalue weighted by Gasteiger charge is 2.32. The van der Waals surface area contributed by atoms with Gasteiger partial charge in [-0.1, -0.05) is 12.8 Å². The summed E-state index contributed by atoms with van der Waals surface area (Å²) in [4.78, 5) is 11.7. The molecule has 0 atom stereocenters. The molecule has 1 aliphatic rings. The number of nitrogens with zero attached hydrogens (tertiary/aromatic N) is 1. The van der Waals surface area contributed by atoms with Crippen molar-refractivity contribution in [2.75, 3.05) is 13.1 Å². The van der Waals surface area contributed by atoms with Gasteiger partial charge in [0.15, 0.2) is 0 Å². The second-order valence-electron chi connectivity index (χ2n) is 4.56. The monoisotopic (exact) mass is 222 g/mol. The Balaban J connectivity index is 1.89. The number of nitrogens with two attached hydrogens (primary N) is 1. The van der Waals surface area contributed by atoms with E-state index < -0.39 is 0 Å². The molecule has 0 unspecified atom stereocenters. The maximum absolute atomic E-state index is 11.7. The van der Waals surface area contributed by atoms with Crippen LogP contribution >= 0.6 is 0 Å². The normalized spacial score (nSPS) is 18.6. The van der Waals surface area contributed by atoms with Gasteiger partial charge in [0.25, 0.3) is 5.91 Å². The lowest BCUT2D eigenvalue weighted by atomic mass is 9.86. The standard InChI is InChI=1S/C11H18N4O/c12-7-11(4-1-2-5-11)8-13-10(16)9-3-6-14-15-9/h3,6H,1-2,4-5,7-8,12H2,(H,13,16)(H,14,15). The van der Waals surface area contributed by atoms with Crippen LogP contribution in [0.5, 0.6) is 0 Å². The van der Waals surface area contributed by atoms with Crippen molar-refractivity contribution in [2.24, 2.45) is 11.1 Å². The van der Waals surface area contributed by atoms with Crippen molar-refractivity contribution in [3.05, 3.63) is 18.0 Å². The van der Waals surface area contributed by atoms with E-state index in [1.807, 2.05) is 0 Å². The van der Waals surface area contributed by atoms with Gasteiger partial charge >= 0.3 is 0 Å². The molecule has 1 fully saturated rings. The minimum absolute atomic E-state index is 0.0998. The molecule has 4 N–H and O–H groups in total. The van der Waals surface area contributed by atoms with Gasteiger partial charge in [0.2, 0.25) is 0 Å². The molecule has 16 heavy (non-hydrogen) atoms. The summed E-state index contributed by atoms with van der Waals surface area (Å²) in [7, 11) is 0. The molecule has 1 heterocycles. The van der Waals surface area contributed by atoms with E-state index >= 15 is 0 Å². The lowest BCUT2D eigenvalue weighted by molar-refractivity contribution is 0.0927. The van der Waals surface area contributed by atoms with Gasteiger partial charge in [0.1, 0.15) is 5.69 Å². The molecule has 1 aromatic rings. The van der Waals surface area contributed by atoms with E-state index in [4.69, 9.17) is 5.73 Å². The fourth-order valence-corrected chi connectivity index (χ4v) is 2.32. The number of amides is 1. The van der Waals surface area contributed by atoms with E-state index in [1.165, 1.54) is 12.8 Å². The van der Waals surface area contributed by atoms with Crippen molar-refractivity contribution in [3.63, 3.8) is 0 Å². The van der Waals surface area contributed by atoms with E-state index in [1.54, 1.807) is 12.3 Å². The molecule has 5 heteroatoms. The van der Waals surface area contributed by atoms with Crippen molar-refractivity contribution in [3.8, 4) is 0 Å². The molecule has 0 saturated heterocycles. The summed E-state index contributed by atoms with van der Waals surface area (Å²) >= 11 is 0. The van der Waals surface area contributed by atoms with Gasteiger partial charge in [-0.15, -0.1) is 0 Å². The predicted octanol–water partition coefficient (Wildman–Crippen LogP) is 0.659. The van der Waals surface area contributed by atoms with Crippen LogP contribution in [-0.4, -0.2) is 29.2 Å². The smallest absolute Gasteiger partial charge is 0.269 e. The van der Waals surface area contributed by atoms with E-state index in [-0.39, 0.29) is 11.3 Å². The third-order valence-electron chi connectivity index (χ3n) is 3.47. The fraction of sp³-hybridized carbons (Fsp3) is 0.636. The van der Waals surface area contributed by atoms with Crippen LogP contribution in [0.3, 0.4) is 0 Å². The maximum atomic E-state index is 11.7. The van der Waals surface area contributed by atoms with Crippen LogP contribution in [0.1, 0.15) is 36.2 Å². The predicted molar refractivity (Wildman–Crippen MR) is 60.9 cm³/mol. The SMILES string of the molecule is NCC1(CNC(=O)c2ccn[nH]2)CCCC1. The number of carbonyl (C=O) groups excluding carboxylic acids is 1. The number of nitrogens with one attached hydrogen (secondary N) is 2. The number of hydrogen-bond acceptors (Lipinski definition) is 3. The van der Waals surface area contributed by atoms with Crippen molar-refractivity contribution < 1.29 is 4.79 Å². The topological polar surface area (TPSA) is 83.8 Å². The van der Waals surface area contributed by atoms with Crippen molar-refractivity contribution >= 4 is 5.91 Å². The van der Waals surface area contributed by atoms with Crippen LogP contribution in [0.25, 0.3) is 0 Å². The van der Waals surface area contributed by atoms with Gasteiger partial charge in [-0.05, 0) is 30.9 Å². The summed E-state index contributed by atoms with van der Waals surface area (Å²) in [5.41, 5.74) is 6.43. The summed E-state index contributed by atoms with van der Waals surface area (Å²) in [6, 6.07) is 1.67. The van der Waals surface area contributed by atoms with Gasteiger partial charge in [-0.2, -0.15) is 5.10 Å². The van der Waals surface area contributed by atoms with Crippen molar-refractivity contribution in [1.29, 1.82) is 0 Å². The van der Waals surface area contributed by atoms with Gasteiger partial charge in [-0.25, -0.2) is 0 Å². The van der Waals surface area contributed by atoms with Crippen molar-refractivity contribution in [1.82, 2.24) is 15.5 Å². The Morgan fingerprint density at radius 2 is 2.31 bits per heavy atom. The largest absolute Gasteiger partial charge is 0.350 e. The number of carbonyl (C=O) groups is 1. The lowest BCUT2D eigenvalue weighted by Gasteiger charge is -2.27. The summed E-state index contributed by atoms with van der Waals surface area (Å²) in [5.74, 6) is -0.0998. The van der Waals surface area contributed by atoms with Crippen molar-refractivity contribution in [2.45, 2.75) is 25.7 Å². The molecule has 0 radical (unpaired) electrons. The first-order valence-electron chi connectivity index (χ1n) is 5.73. The first kappa shape index (κ1) is 11.1. The first-order valence-corrected chi connectivity index (χ1v) is 5.73. The number of hydrogen-bond donors (Lipinski definition) is 3. The summed E-state index contributed by atoms with van der Waals surface area (Å²) in [6.45, 7) is 1.32. The molecule has 1 amide bonds. The fourth-order valence-electron chi connectivity index (χ4n) is 2.32. The van der Waals surface area contributed by atoms with Gasteiger partial charge in [0, 0.05) is 12.7 Å². The second kappa shape index (κ2) is 4.65. The number of aromatic amines is 1. The zero-order valence-corrected chi connectivity index (χ0v) is 9.33. The molecule has 0 spiro atoms. The van der Waals surface area contributed by atoms with Crippen LogP contribution in [-0.2, 0) is 0 Å². The van der Waals surface area contributed by atoms with E-state index in [0.717, 1.165) is 12.8 Å². The third kappa shape index (κ3) is 2.24. The van der Waals surface area contributed by atoms with Gasteiger partial charge in [-0.3, -0.25) is 9.89 Å². The van der Waals surface area contributed by atoms with E-state index in [0.29, 0.717) is 18.8 Å². The second-order valence-corrected chi connectivity index (χ2v) is 4.56. The first-order chi connectivity index (χ1) is 7.76. The van der Waals surface area contributed by atoms with E-state index in [2.05, 4.69) is 15.5 Å². The summed E-state index contributed by atoms with van der Waals surface area (Å²) in [5, 5.41) is 9.33. The molecule has 1 aliphatic carbocycles. The summed E-state index contributed by atoms with van der Waals surface area (Å²) in [6.07, 6.45) is 6.25.